The Hall–Kier alpha value is 0.877. The van der Waals surface area contributed by atoms with Gasteiger partial charge in [0.1, 0.15) is 0 Å². The number of hydrogen-bond acceptors (Lipinski definition) is 1. The van der Waals surface area contributed by atoms with Crippen LogP contribution in [-0.4, -0.2) is 26.3 Å². The molecular formula is C22H44Br2OSi. The van der Waals surface area contributed by atoms with Gasteiger partial charge in [-0.05, 0) is 19.8 Å². The van der Waals surface area contributed by atoms with Crippen molar-refractivity contribution in [1.82, 2.24) is 0 Å². The van der Waals surface area contributed by atoms with E-state index in [0.29, 0.717) is 2.86 Å². The lowest BCUT2D eigenvalue weighted by molar-refractivity contribution is 0.151. The molecule has 0 N–H and O–H groups in total. The highest BCUT2D eigenvalue weighted by atomic mass is 79.9. The van der Waals surface area contributed by atoms with Crippen LogP contribution in [0.15, 0.2) is 12.2 Å². The molecule has 0 heterocycles. The van der Waals surface area contributed by atoms with Crippen molar-refractivity contribution in [3.05, 3.63) is 12.2 Å². The number of alkyl halides is 2. The Morgan fingerprint density at radius 3 is 1.42 bits per heavy atom. The van der Waals surface area contributed by atoms with Gasteiger partial charge in [0.15, 0.2) is 0 Å². The van der Waals surface area contributed by atoms with Gasteiger partial charge in [-0.15, -0.1) is 0 Å². The first kappa shape index (κ1) is 26.9. The molecule has 0 radical (unpaired) electrons. The third-order valence-corrected chi connectivity index (χ3v) is 6.05. The van der Waals surface area contributed by atoms with E-state index in [0.717, 1.165) is 18.8 Å². The zero-order chi connectivity index (χ0) is 19.5. The number of hydrogen-bond donors (Lipinski definition) is 0. The van der Waals surface area contributed by atoms with Crippen molar-refractivity contribution in [2.24, 2.45) is 0 Å². The van der Waals surface area contributed by atoms with Crippen molar-refractivity contribution in [2.75, 3.05) is 13.2 Å². The SMILES string of the molecule is C=C(C)COCCCCCCCCCCCCCCCCCC([SiH3])(Br)Br. The highest BCUT2D eigenvalue weighted by Gasteiger charge is 2.13. The topological polar surface area (TPSA) is 9.23 Å². The fraction of sp³-hybridized carbons (Fsp3) is 0.909. The number of halogens is 2. The van der Waals surface area contributed by atoms with Gasteiger partial charge in [0.05, 0.1) is 9.46 Å². The summed E-state index contributed by atoms with van der Waals surface area (Å²) in [6.45, 7) is 7.51. The van der Waals surface area contributed by atoms with Crippen LogP contribution >= 0.6 is 31.9 Å². The van der Waals surface area contributed by atoms with Crippen LogP contribution in [-0.2, 0) is 4.74 Å². The van der Waals surface area contributed by atoms with Gasteiger partial charge >= 0.3 is 0 Å². The van der Waals surface area contributed by atoms with E-state index in [-0.39, 0.29) is 0 Å². The van der Waals surface area contributed by atoms with E-state index in [9.17, 15) is 0 Å². The van der Waals surface area contributed by atoms with Crippen molar-refractivity contribution >= 4 is 42.1 Å². The quantitative estimate of drug-likeness (QED) is 0.0706. The van der Waals surface area contributed by atoms with Crippen molar-refractivity contribution < 1.29 is 4.74 Å². The van der Waals surface area contributed by atoms with Crippen LogP contribution in [0.25, 0.3) is 0 Å². The zero-order valence-electron chi connectivity index (χ0n) is 17.6. The summed E-state index contributed by atoms with van der Waals surface area (Å²) >= 11 is 7.41. The Kier molecular flexibility index (Phi) is 19.9. The average molecular weight is 512 g/mol. The molecule has 0 aromatic rings. The summed E-state index contributed by atoms with van der Waals surface area (Å²) in [5.41, 5.74) is 1.12. The Bertz CT molecular complexity index is 316. The van der Waals surface area contributed by atoms with Crippen LogP contribution in [0.5, 0.6) is 0 Å². The lowest BCUT2D eigenvalue weighted by Crippen LogP contribution is -2.09. The molecule has 0 rings (SSSR count). The normalized spacial score (nSPS) is 12.0. The second-order valence-corrected chi connectivity index (χ2v) is 17.3. The smallest absolute Gasteiger partial charge is 0.0671 e. The van der Waals surface area contributed by atoms with Gasteiger partial charge in [0.25, 0.3) is 0 Å². The van der Waals surface area contributed by atoms with Gasteiger partial charge < -0.3 is 4.74 Å². The fourth-order valence-corrected chi connectivity index (χ4v) is 4.10. The van der Waals surface area contributed by atoms with Gasteiger partial charge in [-0.2, -0.15) is 0 Å². The number of unbranched alkanes of at least 4 members (excludes halogenated alkanes) is 14. The molecule has 4 heteroatoms. The molecule has 0 unspecified atom stereocenters. The molecule has 0 amide bonds. The maximum atomic E-state index is 5.53. The molecule has 0 aromatic carbocycles. The van der Waals surface area contributed by atoms with E-state index >= 15 is 0 Å². The van der Waals surface area contributed by atoms with Crippen molar-refractivity contribution in [1.29, 1.82) is 0 Å². The fourth-order valence-electron chi connectivity index (χ4n) is 3.18. The second kappa shape index (κ2) is 19.2. The lowest BCUT2D eigenvalue weighted by Gasteiger charge is -2.13. The predicted molar refractivity (Wildman–Crippen MR) is 130 cm³/mol. The molecule has 0 atom stereocenters. The van der Waals surface area contributed by atoms with Crippen LogP contribution in [0, 0.1) is 0 Å². The first-order chi connectivity index (χ1) is 12.4. The van der Waals surface area contributed by atoms with E-state index in [1.54, 1.807) is 0 Å². The van der Waals surface area contributed by atoms with E-state index in [4.69, 9.17) is 4.74 Å². The summed E-state index contributed by atoms with van der Waals surface area (Å²) in [5.74, 6) is 0. The molecule has 0 aliphatic carbocycles. The third kappa shape index (κ3) is 24.9. The molecule has 26 heavy (non-hydrogen) atoms. The van der Waals surface area contributed by atoms with E-state index in [2.05, 4.69) is 38.4 Å². The zero-order valence-corrected chi connectivity index (χ0v) is 22.8. The van der Waals surface area contributed by atoms with Gasteiger partial charge in [-0.1, -0.05) is 134 Å². The highest BCUT2D eigenvalue weighted by Crippen LogP contribution is 2.28. The Labute approximate surface area is 184 Å². The molecule has 0 aliphatic rings. The van der Waals surface area contributed by atoms with Crippen LogP contribution in [0.1, 0.15) is 110 Å². The third-order valence-electron chi connectivity index (χ3n) is 4.75. The first-order valence-corrected chi connectivity index (χ1v) is 13.6. The minimum atomic E-state index is 0.291. The van der Waals surface area contributed by atoms with E-state index in [1.807, 2.05) is 6.92 Å². The average Bonchev–Trinajstić information content (AvgIpc) is 2.55. The predicted octanol–water partition coefficient (Wildman–Crippen LogP) is 7.63. The molecule has 1 nitrogen and oxygen atoms in total. The summed E-state index contributed by atoms with van der Waals surface area (Å²) in [4.78, 5) is 0. The number of rotatable bonds is 20. The molecule has 0 saturated heterocycles. The van der Waals surface area contributed by atoms with Crippen LogP contribution in [0.2, 0.25) is 0 Å². The van der Waals surface area contributed by atoms with Gasteiger partial charge in [-0.3, -0.25) is 0 Å². The summed E-state index contributed by atoms with van der Waals surface area (Å²) in [5, 5.41) is 0. The Balaban J connectivity index is 3.04. The molecule has 0 fully saturated rings. The summed E-state index contributed by atoms with van der Waals surface area (Å²) in [6.07, 6.45) is 22.3. The van der Waals surface area contributed by atoms with Crippen molar-refractivity contribution in [3.63, 3.8) is 0 Å². The largest absolute Gasteiger partial charge is 0.377 e. The van der Waals surface area contributed by atoms with Gasteiger partial charge in [0.2, 0.25) is 0 Å². The maximum absolute atomic E-state index is 5.53. The van der Waals surface area contributed by atoms with Gasteiger partial charge in [-0.25, -0.2) is 0 Å². The Morgan fingerprint density at radius 2 is 1.08 bits per heavy atom. The molecule has 0 aliphatic heterocycles. The van der Waals surface area contributed by atoms with E-state index in [1.165, 1.54) is 113 Å². The summed E-state index contributed by atoms with van der Waals surface area (Å²) in [6, 6.07) is 0. The summed E-state index contributed by atoms with van der Waals surface area (Å²) in [7, 11) is 1.17. The minimum absolute atomic E-state index is 0.291. The molecular weight excluding hydrogens is 468 g/mol. The second-order valence-electron chi connectivity index (χ2n) is 8.13. The maximum Gasteiger partial charge on any atom is 0.0671 e. The minimum Gasteiger partial charge on any atom is -0.377 e. The van der Waals surface area contributed by atoms with Gasteiger partial charge in [0, 0.05) is 16.8 Å². The molecule has 0 saturated carbocycles. The standard InChI is InChI=1S/C22H44Br2OSi/c1-21(2)20-25-19-17-15-13-11-9-7-5-3-4-6-8-10-12-14-16-18-22(23,24)26/h1,3-20H2,2,26H3. The van der Waals surface area contributed by atoms with E-state index < -0.39 is 0 Å². The summed E-state index contributed by atoms with van der Waals surface area (Å²) < 4.78 is 5.82. The number of ether oxygens (including phenoxy) is 1. The molecule has 0 bridgehead atoms. The van der Waals surface area contributed by atoms with Crippen LogP contribution in [0.3, 0.4) is 0 Å². The van der Waals surface area contributed by atoms with Crippen molar-refractivity contribution in [3.8, 4) is 0 Å². The van der Waals surface area contributed by atoms with Crippen molar-refractivity contribution in [2.45, 2.75) is 113 Å². The lowest BCUT2D eigenvalue weighted by atomic mass is 10.0. The monoisotopic (exact) mass is 510 g/mol. The first-order valence-electron chi connectivity index (χ1n) is 11.0. The highest BCUT2D eigenvalue weighted by molar-refractivity contribution is 9.26. The van der Waals surface area contributed by atoms with Crippen LogP contribution < -0.4 is 0 Å². The van der Waals surface area contributed by atoms with Crippen LogP contribution in [0.4, 0.5) is 0 Å². The molecule has 156 valence electrons. The molecule has 0 aromatic heterocycles. The molecule has 0 spiro atoms. The Morgan fingerprint density at radius 1 is 0.731 bits per heavy atom.